The van der Waals surface area contributed by atoms with Gasteiger partial charge in [-0.05, 0) is 72.9 Å². The first-order valence-electron chi connectivity index (χ1n) is 15.8. The van der Waals surface area contributed by atoms with Gasteiger partial charge in [0.2, 0.25) is 11.8 Å². The van der Waals surface area contributed by atoms with Crippen molar-refractivity contribution >= 4 is 50.7 Å². The van der Waals surface area contributed by atoms with Gasteiger partial charge in [0.15, 0.2) is 0 Å². The summed E-state index contributed by atoms with van der Waals surface area (Å²) in [7, 11) is -4.22. The molecule has 0 saturated heterocycles. The van der Waals surface area contributed by atoms with Crippen LogP contribution in [-0.2, 0) is 32.6 Å². The van der Waals surface area contributed by atoms with Crippen LogP contribution in [0.4, 0.5) is 5.69 Å². The van der Waals surface area contributed by atoms with E-state index >= 15 is 0 Å². The molecule has 1 atom stereocenters. The van der Waals surface area contributed by atoms with E-state index in [4.69, 9.17) is 23.2 Å². The van der Waals surface area contributed by atoms with Crippen LogP contribution >= 0.6 is 23.2 Å². The molecule has 7 nitrogen and oxygen atoms in total. The third-order valence-corrected chi connectivity index (χ3v) is 10.8. The molecule has 0 aromatic heterocycles. The van der Waals surface area contributed by atoms with E-state index in [1.54, 1.807) is 61.5 Å². The Labute approximate surface area is 287 Å². The molecule has 1 aliphatic carbocycles. The van der Waals surface area contributed by atoms with Crippen molar-refractivity contribution in [1.82, 2.24) is 10.2 Å². The molecule has 47 heavy (non-hydrogen) atoms. The molecule has 0 aliphatic heterocycles. The number of carbonyl (C=O) groups is 2. The van der Waals surface area contributed by atoms with Crippen molar-refractivity contribution in [2.75, 3.05) is 10.8 Å². The minimum atomic E-state index is -4.22. The fourth-order valence-electron chi connectivity index (χ4n) is 6.01. The predicted octanol–water partition coefficient (Wildman–Crippen LogP) is 7.59. The minimum absolute atomic E-state index is 0.0155. The Kier molecular flexibility index (Phi) is 11.6. The molecular formula is C37H39Cl2N3O4S. The number of sulfonamides is 1. The summed E-state index contributed by atoms with van der Waals surface area (Å²) in [6, 6.07) is 28.6. The molecule has 0 radical (unpaired) electrons. The van der Waals surface area contributed by atoms with Crippen LogP contribution in [0.5, 0.6) is 0 Å². The molecule has 1 N–H and O–H groups in total. The normalized spacial score (nSPS) is 14.3. The van der Waals surface area contributed by atoms with Crippen LogP contribution in [0, 0.1) is 6.92 Å². The third-order valence-electron chi connectivity index (χ3n) is 8.51. The second-order valence-electron chi connectivity index (χ2n) is 12.0. The number of benzene rings is 4. The maximum absolute atomic E-state index is 14.7. The van der Waals surface area contributed by atoms with E-state index in [1.807, 2.05) is 36.4 Å². The highest BCUT2D eigenvalue weighted by atomic mass is 35.5. The zero-order valence-corrected chi connectivity index (χ0v) is 28.6. The number of aryl methyl sites for hydroxylation is 1. The predicted molar refractivity (Wildman–Crippen MR) is 188 cm³/mol. The number of anilines is 1. The number of nitrogens with zero attached hydrogens (tertiary/aromatic N) is 2. The summed E-state index contributed by atoms with van der Waals surface area (Å²) in [5.41, 5.74) is 2.49. The van der Waals surface area contributed by atoms with Crippen LogP contribution in [0.1, 0.15) is 48.8 Å². The number of hydrogen-bond acceptors (Lipinski definition) is 4. The smallest absolute Gasteiger partial charge is 0.264 e. The molecule has 4 aromatic rings. The number of amides is 2. The van der Waals surface area contributed by atoms with Crippen LogP contribution in [-0.4, -0.2) is 43.8 Å². The Morgan fingerprint density at radius 1 is 0.809 bits per heavy atom. The topological polar surface area (TPSA) is 86.8 Å². The molecule has 0 unspecified atom stereocenters. The maximum Gasteiger partial charge on any atom is 0.264 e. The standard InChI is InChI=1S/C37H39Cl2N3O4S/c1-27-20-21-31(39)24-34(27)42(47(45,46)33-18-9-4-10-19-33)26-36(43)41(25-29-14-11-15-30(38)22-29)35(23-28-12-5-2-6-13-28)37(44)40-32-16-7-3-8-17-32/h2,4-6,9-15,18-22,24,32,35H,3,7-8,16-17,23,25-26H2,1H3,(H,40,44)/t35-/m1/s1. The zero-order valence-electron chi connectivity index (χ0n) is 26.3. The van der Waals surface area contributed by atoms with E-state index in [1.165, 1.54) is 17.0 Å². The summed E-state index contributed by atoms with van der Waals surface area (Å²) in [6.07, 6.45) is 5.20. The van der Waals surface area contributed by atoms with Gasteiger partial charge in [0.05, 0.1) is 10.6 Å². The Morgan fingerprint density at radius 2 is 1.45 bits per heavy atom. The molecule has 5 rings (SSSR count). The Bertz CT molecular complexity index is 1780. The average Bonchev–Trinajstić information content (AvgIpc) is 3.07. The third kappa shape index (κ3) is 8.95. The molecular weight excluding hydrogens is 653 g/mol. The summed E-state index contributed by atoms with van der Waals surface area (Å²) >= 11 is 12.7. The average molecular weight is 693 g/mol. The Morgan fingerprint density at radius 3 is 2.13 bits per heavy atom. The van der Waals surface area contributed by atoms with Gasteiger partial charge >= 0.3 is 0 Å². The van der Waals surface area contributed by atoms with Crippen LogP contribution in [0.2, 0.25) is 10.0 Å². The van der Waals surface area contributed by atoms with Gasteiger partial charge in [-0.1, -0.05) is 109 Å². The van der Waals surface area contributed by atoms with Crippen molar-refractivity contribution in [3.05, 3.63) is 130 Å². The first-order valence-corrected chi connectivity index (χ1v) is 18.0. The van der Waals surface area contributed by atoms with E-state index in [2.05, 4.69) is 5.32 Å². The lowest BCUT2D eigenvalue weighted by molar-refractivity contribution is -0.140. The molecule has 10 heteroatoms. The summed E-state index contributed by atoms with van der Waals surface area (Å²) in [6.45, 7) is 1.26. The van der Waals surface area contributed by atoms with Gasteiger partial charge in [0.1, 0.15) is 12.6 Å². The maximum atomic E-state index is 14.7. The highest BCUT2D eigenvalue weighted by molar-refractivity contribution is 7.92. The van der Waals surface area contributed by atoms with Crippen LogP contribution in [0.25, 0.3) is 0 Å². The molecule has 246 valence electrons. The van der Waals surface area contributed by atoms with Gasteiger partial charge < -0.3 is 10.2 Å². The summed E-state index contributed by atoms with van der Waals surface area (Å²) < 4.78 is 29.6. The second kappa shape index (κ2) is 15.8. The monoisotopic (exact) mass is 691 g/mol. The van der Waals surface area contributed by atoms with Crippen molar-refractivity contribution in [2.24, 2.45) is 0 Å². The van der Waals surface area contributed by atoms with Gasteiger partial charge in [-0.25, -0.2) is 8.42 Å². The van der Waals surface area contributed by atoms with Gasteiger partial charge in [-0.15, -0.1) is 0 Å². The fourth-order valence-corrected chi connectivity index (χ4v) is 7.89. The Hall–Kier alpha value is -3.85. The van der Waals surface area contributed by atoms with Gasteiger partial charge in [-0.2, -0.15) is 0 Å². The molecule has 0 bridgehead atoms. The number of carbonyl (C=O) groups excluding carboxylic acids is 2. The van der Waals surface area contributed by atoms with E-state index in [0.717, 1.165) is 42.0 Å². The lowest BCUT2D eigenvalue weighted by Crippen LogP contribution is -2.55. The largest absolute Gasteiger partial charge is 0.352 e. The van der Waals surface area contributed by atoms with Gasteiger partial charge in [0, 0.05) is 29.1 Å². The zero-order chi connectivity index (χ0) is 33.4. The van der Waals surface area contributed by atoms with E-state index in [9.17, 15) is 18.0 Å². The first-order chi connectivity index (χ1) is 22.6. The second-order valence-corrected chi connectivity index (χ2v) is 14.7. The Balaban J connectivity index is 1.58. The molecule has 1 aliphatic rings. The quantitative estimate of drug-likeness (QED) is 0.166. The van der Waals surface area contributed by atoms with E-state index in [-0.39, 0.29) is 35.5 Å². The summed E-state index contributed by atoms with van der Waals surface area (Å²) in [5, 5.41) is 4.04. The van der Waals surface area contributed by atoms with Crippen LogP contribution in [0.15, 0.2) is 108 Å². The molecule has 4 aromatic carbocycles. The highest BCUT2D eigenvalue weighted by Crippen LogP contribution is 2.30. The van der Waals surface area contributed by atoms with Crippen molar-refractivity contribution in [3.63, 3.8) is 0 Å². The molecule has 0 spiro atoms. The fraction of sp³-hybridized carbons (Fsp3) is 0.297. The summed E-state index contributed by atoms with van der Waals surface area (Å²) in [4.78, 5) is 30.4. The van der Waals surface area contributed by atoms with Crippen molar-refractivity contribution < 1.29 is 18.0 Å². The van der Waals surface area contributed by atoms with Gasteiger partial charge in [0.25, 0.3) is 10.0 Å². The van der Waals surface area contributed by atoms with Gasteiger partial charge in [-0.3, -0.25) is 13.9 Å². The van der Waals surface area contributed by atoms with E-state index in [0.29, 0.717) is 21.2 Å². The number of nitrogens with one attached hydrogen (secondary N) is 1. The summed E-state index contributed by atoms with van der Waals surface area (Å²) in [5.74, 6) is -0.809. The lowest BCUT2D eigenvalue weighted by atomic mass is 9.94. The lowest BCUT2D eigenvalue weighted by Gasteiger charge is -2.35. The SMILES string of the molecule is Cc1ccc(Cl)cc1N(CC(=O)N(Cc1cccc(Cl)c1)[C@H](Cc1ccccc1)C(=O)NC1CCCCC1)S(=O)(=O)c1ccccc1. The first kappa shape index (κ1) is 34.5. The molecule has 2 amide bonds. The molecule has 1 fully saturated rings. The van der Waals surface area contributed by atoms with Crippen molar-refractivity contribution in [2.45, 2.75) is 69.0 Å². The number of halogens is 2. The highest BCUT2D eigenvalue weighted by Gasteiger charge is 2.36. The minimum Gasteiger partial charge on any atom is -0.352 e. The van der Waals surface area contributed by atoms with Crippen LogP contribution < -0.4 is 9.62 Å². The molecule has 1 saturated carbocycles. The van der Waals surface area contributed by atoms with Crippen molar-refractivity contribution in [3.8, 4) is 0 Å². The van der Waals surface area contributed by atoms with Crippen LogP contribution in [0.3, 0.4) is 0 Å². The number of hydrogen-bond donors (Lipinski definition) is 1. The van der Waals surface area contributed by atoms with E-state index < -0.39 is 28.5 Å². The molecule has 0 heterocycles. The van der Waals surface area contributed by atoms with Crippen molar-refractivity contribution in [1.29, 1.82) is 0 Å². The number of rotatable bonds is 12.